The van der Waals surface area contributed by atoms with E-state index in [0.29, 0.717) is 0 Å². The molecule has 3 rings (SSSR count). The van der Waals surface area contributed by atoms with Crippen molar-refractivity contribution in [1.82, 2.24) is 5.32 Å². The van der Waals surface area contributed by atoms with Crippen LogP contribution in [0.3, 0.4) is 0 Å². The van der Waals surface area contributed by atoms with Gasteiger partial charge in [0.1, 0.15) is 5.82 Å². The van der Waals surface area contributed by atoms with E-state index in [2.05, 4.69) is 10.2 Å². The van der Waals surface area contributed by atoms with Crippen molar-refractivity contribution < 1.29 is 4.39 Å². The molecular weight excluding hydrogens is 251 g/mol. The van der Waals surface area contributed by atoms with Crippen molar-refractivity contribution >= 4 is 18.1 Å². The summed E-state index contributed by atoms with van der Waals surface area (Å²) in [5.41, 5.74) is 2.43. The molecule has 0 atom stereocenters. The molecule has 0 radical (unpaired) electrons. The maximum absolute atomic E-state index is 13.1. The van der Waals surface area contributed by atoms with Crippen LogP contribution in [0.5, 0.6) is 0 Å². The highest BCUT2D eigenvalue weighted by atomic mass is 35.5. The number of hydrogen-bond donors (Lipinski definition) is 1. The SMILES string of the molecule is Cl.Fc1ccc2c(c1)CCN2CC1CCNCC1. The average Bonchev–Trinajstić information content (AvgIpc) is 2.73. The Labute approximate surface area is 114 Å². The molecule has 1 saturated heterocycles. The Balaban J connectivity index is 0.00000120. The Kier molecular flexibility index (Phi) is 4.46. The number of anilines is 1. The summed E-state index contributed by atoms with van der Waals surface area (Å²) in [7, 11) is 0. The Morgan fingerprint density at radius 1 is 1.28 bits per heavy atom. The van der Waals surface area contributed by atoms with E-state index in [0.717, 1.165) is 38.5 Å². The van der Waals surface area contributed by atoms with E-state index in [1.165, 1.54) is 24.1 Å². The van der Waals surface area contributed by atoms with E-state index in [1.807, 2.05) is 6.07 Å². The molecule has 0 unspecified atom stereocenters. The molecule has 0 spiro atoms. The average molecular weight is 271 g/mol. The number of nitrogens with zero attached hydrogens (tertiary/aromatic N) is 1. The molecule has 1 fully saturated rings. The predicted octanol–water partition coefficient (Wildman–Crippen LogP) is 2.61. The minimum atomic E-state index is -0.104. The van der Waals surface area contributed by atoms with Crippen LogP contribution in [0.15, 0.2) is 18.2 Å². The van der Waals surface area contributed by atoms with Gasteiger partial charge in [-0.15, -0.1) is 12.4 Å². The molecule has 100 valence electrons. The second kappa shape index (κ2) is 5.89. The molecule has 2 heterocycles. The zero-order valence-corrected chi connectivity index (χ0v) is 11.3. The first kappa shape index (κ1) is 13.6. The zero-order chi connectivity index (χ0) is 11.7. The van der Waals surface area contributed by atoms with Crippen molar-refractivity contribution in [2.75, 3.05) is 31.1 Å². The fourth-order valence-electron chi connectivity index (χ4n) is 3.00. The molecule has 18 heavy (non-hydrogen) atoms. The largest absolute Gasteiger partial charge is 0.371 e. The summed E-state index contributed by atoms with van der Waals surface area (Å²) in [4.78, 5) is 2.44. The Morgan fingerprint density at radius 2 is 2.06 bits per heavy atom. The van der Waals surface area contributed by atoms with Crippen LogP contribution in [-0.4, -0.2) is 26.2 Å². The number of nitrogens with one attached hydrogen (secondary N) is 1. The van der Waals surface area contributed by atoms with Crippen LogP contribution < -0.4 is 10.2 Å². The smallest absolute Gasteiger partial charge is 0.123 e. The molecule has 2 aliphatic rings. The van der Waals surface area contributed by atoms with E-state index < -0.39 is 0 Å². The lowest BCUT2D eigenvalue weighted by atomic mass is 9.97. The van der Waals surface area contributed by atoms with Crippen LogP contribution in [0.4, 0.5) is 10.1 Å². The van der Waals surface area contributed by atoms with Crippen LogP contribution >= 0.6 is 12.4 Å². The number of rotatable bonds is 2. The fourth-order valence-corrected chi connectivity index (χ4v) is 3.00. The first-order valence-electron chi connectivity index (χ1n) is 6.57. The summed E-state index contributed by atoms with van der Waals surface area (Å²) in [6, 6.07) is 5.22. The van der Waals surface area contributed by atoms with Crippen LogP contribution in [-0.2, 0) is 6.42 Å². The Hall–Kier alpha value is -0.800. The summed E-state index contributed by atoms with van der Waals surface area (Å²) in [5.74, 6) is 0.694. The minimum absolute atomic E-state index is 0. The summed E-state index contributed by atoms with van der Waals surface area (Å²) < 4.78 is 13.1. The highest BCUT2D eigenvalue weighted by Gasteiger charge is 2.23. The molecule has 0 saturated carbocycles. The Morgan fingerprint density at radius 3 is 2.83 bits per heavy atom. The van der Waals surface area contributed by atoms with Gasteiger partial charge in [0.2, 0.25) is 0 Å². The van der Waals surface area contributed by atoms with Crippen molar-refractivity contribution in [3.8, 4) is 0 Å². The molecular formula is C14H20ClFN2. The molecule has 2 aliphatic heterocycles. The van der Waals surface area contributed by atoms with Gasteiger partial charge < -0.3 is 10.2 Å². The summed E-state index contributed by atoms with van der Waals surface area (Å²) in [6.07, 6.45) is 3.54. The van der Waals surface area contributed by atoms with E-state index in [4.69, 9.17) is 0 Å². The second-order valence-corrected chi connectivity index (χ2v) is 5.16. The third-order valence-corrected chi connectivity index (χ3v) is 3.97. The lowest BCUT2D eigenvalue weighted by Gasteiger charge is -2.29. The standard InChI is InChI=1S/C14H19FN2.ClH/c15-13-1-2-14-12(9-13)5-8-17(14)10-11-3-6-16-7-4-11;/h1-2,9,11,16H,3-8,10H2;1H. The van der Waals surface area contributed by atoms with E-state index in [1.54, 1.807) is 12.1 Å². The minimum Gasteiger partial charge on any atom is -0.371 e. The number of benzene rings is 1. The number of halogens is 2. The molecule has 1 aromatic carbocycles. The number of hydrogen-bond acceptors (Lipinski definition) is 2. The lowest BCUT2D eigenvalue weighted by Crippen LogP contribution is -2.35. The topological polar surface area (TPSA) is 15.3 Å². The molecule has 0 amide bonds. The van der Waals surface area contributed by atoms with Gasteiger partial charge in [-0.25, -0.2) is 4.39 Å². The Bertz CT molecular complexity index is 405. The molecule has 1 N–H and O–H groups in total. The van der Waals surface area contributed by atoms with E-state index >= 15 is 0 Å². The van der Waals surface area contributed by atoms with Gasteiger partial charge >= 0.3 is 0 Å². The van der Waals surface area contributed by atoms with Gasteiger partial charge in [-0.3, -0.25) is 0 Å². The van der Waals surface area contributed by atoms with Crippen LogP contribution in [0, 0.1) is 11.7 Å². The normalized spacial score (nSPS) is 19.5. The van der Waals surface area contributed by atoms with E-state index in [9.17, 15) is 4.39 Å². The number of fused-ring (bicyclic) bond motifs is 1. The first-order chi connectivity index (χ1) is 8.33. The van der Waals surface area contributed by atoms with Crippen LogP contribution in [0.25, 0.3) is 0 Å². The zero-order valence-electron chi connectivity index (χ0n) is 10.5. The maximum atomic E-state index is 13.1. The third kappa shape index (κ3) is 2.78. The van der Waals surface area contributed by atoms with Gasteiger partial charge in [-0.1, -0.05) is 0 Å². The van der Waals surface area contributed by atoms with Gasteiger partial charge in [0, 0.05) is 18.8 Å². The van der Waals surface area contributed by atoms with Gasteiger partial charge in [-0.2, -0.15) is 0 Å². The van der Waals surface area contributed by atoms with Gasteiger partial charge in [0.05, 0.1) is 0 Å². The fraction of sp³-hybridized carbons (Fsp3) is 0.571. The van der Waals surface area contributed by atoms with E-state index in [-0.39, 0.29) is 18.2 Å². The monoisotopic (exact) mass is 270 g/mol. The van der Waals surface area contributed by atoms with Crippen molar-refractivity contribution in [2.45, 2.75) is 19.3 Å². The molecule has 1 aromatic rings. The van der Waals surface area contributed by atoms with Crippen LogP contribution in [0.2, 0.25) is 0 Å². The third-order valence-electron chi connectivity index (χ3n) is 3.97. The van der Waals surface area contributed by atoms with Crippen molar-refractivity contribution in [3.63, 3.8) is 0 Å². The highest BCUT2D eigenvalue weighted by Crippen LogP contribution is 2.30. The summed E-state index contributed by atoms with van der Waals surface area (Å²) in [6.45, 7) is 4.49. The maximum Gasteiger partial charge on any atom is 0.123 e. The highest BCUT2D eigenvalue weighted by molar-refractivity contribution is 5.85. The second-order valence-electron chi connectivity index (χ2n) is 5.16. The quantitative estimate of drug-likeness (QED) is 0.889. The molecule has 0 aromatic heterocycles. The molecule has 4 heteroatoms. The van der Waals surface area contributed by atoms with Crippen LogP contribution in [0.1, 0.15) is 18.4 Å². The van der Waals surface area contributed by atoms with Gasteiger partial charge in [0.15, 0.2) is 0 Å². The molecule has 2 nitrogen and oxygen atoms in total. The summed E-state index contributed by atoms with van der Waals surface area (Å²) >= 11 is 0. The summed E-state index contributed by atoms with van der Waals surface area (Å²) in [5, 5.41) is 3.40. The predicted molar refractivity (Wildman–Crippen MR) is 75.2 cm³/mol. The van der Waals surface area contributed by atoms with Gasteiger partial charge in [0.25, 0.3) is 0 Å². The molecule has 0 bridgehead atoms. The molecule has 0 aliphatic carbocycles. The van der Waals surface area contributed by atoms with Crippen molar-refractivity contribution in [3.05, 3.63) is 29.6 Å². The first-order valence-corrected chi connectivity index (χ1v) is 6.57. The number of piperidine rings is 1. The van der Waals surface area contributed by atoms with Gasteiger partial charge in [-0.05, 0) is 62.0 Å². The van der Waals surface area contributed by atoms with Crippen molar-refractivity contribution in [2.24, 2.45) is 5.92 Å². The lowest BCUT2D eigenvalue weighted by molar-refractivity contribution is 0.375. The van der Waals surface area contributed by atoms with Crippen molar-refractivity contribution in [1.29, 1.82) is 0 Å².